The molecule has 2 rings (SSSR count). The monoisotopic (exact) mass is 302 g/mol. The standard InChI is InChI=1S/C20H34N2/c1-5-7-18(8-6-2)22-11-9-17(10-12-22)19-13-16(4)20(21)14-15(19)3/h13-14,17-18H,5-12,21H2,1-4H3. The quantitative estimate of drug-likeness (QED) is 0.746. The number of aryl methyl sites for hydroxylation is 2. The van der Waals surface area contributed by atoms with Crippen molar-refractivity contribution in [3.8, 4) is 0 Å². The molecule has 0 aromatic heterocycles. The molecule has 124 valence electrons. The van der Waals surface area contributed by atoms with Gasteiger partial charge in [0.1, 0.15) is 0 Å². The van der Waals surface area contributed by atoms with E-state index in [9.17, 15) is 0 Å². The van der Waals surface area contributed by atoms with Crippen LogP contribution < -0.4 is 5.73 Å². The number of anilines is 1. The second-order valence-corrected chi connectivity index (χ2v) is 7.11. The Kier molecular flexibility index (Phi) is 6.31. The van der Waals surface area contributed by atoms with Gasteiger partial charge in [-0.15, -0.1) is 0 Å². The van der Waals surface area contributed by atoms with E-state index in [0.717, 1.165) is 17.6 Å². The molecule has 0 unspecified atom stereocenters. The molecule has 1 aromatic carbocycles. The number of rotatable bonds is 6. The van der Waals surface area contributed by atoms with E-state index in [4.69, 9.17) is 5.73 Å². The Labute approximate surface area is 137 Å². The number of nitrogens with two attached hydrogens (primary N) is 1. The number of hydrogen-bond donors (Lipinski definition) is 1. The third-order valence-corrected chi connectivity index (χ3v) is 5.38. The van der Waals surface area contributed by atoms with E-state index in [1.807, 2.05) is 0 Å². The minimum absolute atomic E-state index is 0.722. The molecule has 2 heteroatoms. The van der Waals surface area contributed by atoms with E-state index in [1.54, 1.807) is 0 Å². The van der Waals surface area contributed by atoms with Crippen molar-refractivity contribution in [2.45, 2.75) is 78.2 Å². The number of likely N-dealkylation sites (tertiary alicyclic amines) is 1. The van der Waals surface area contributed by atoms with Gasteiger partial charge >= 0.3 is 0 Å². The molecule has 0 aliphatic carbocycles. The Hall–Kier alpha value is -1.02. The highest BCUT2D eigenvalue weighted by atomic mass is 15.2. The van der Waals surface area contributed by atoms with Crippen LogP contribution in [-0.4, -0.2) is 24.0 Å². The molecule has 1 saturated heterocycles. The minimum Gasteiger partial charge on any atom is -0.399 e. The Balaban J connectivity index is 2.01. The van der Waals surface area contributed by atoms with E-state index >= 15 is 0 Å². The SMILES string of the molecule is CCCC(CCC)N1CCC(c2cc(C)c(N)cc2C)CC1. The molecule has 0 bridgehead atoms. The van der Waals surface area contributed by atoms with Gasteiger partial charge < -0.3 is 10.6 Å². The topological polar surface area (TPSA) is 29.3 Å². The number of benzene rings is 1. The van der Waals surface area contributed by atoms with Crippen molar-refractivity contribution >= 4 is 5.69 Å². The van der Waals surface area contributed by atoms with Crippen molar-refractivity contribution in [1.29, 1.82) is 0 Å². The lowest BCUT2D eigenvalue weighted by Crippen LogP contribution is -2.41. The van der Waals surface area contributed by atoms with Gasteiger partial charge in [-0.2, -0.15) is 0 Å². The first-order chi connectivity index (χ1) is 10.6. The average molecular weight is 303 g/mol. The first kappa shape index (κ1) is 17.3. The van der Waals surface area contributed by atoms with Crippen molar-refractivity contribution in [2.24, 2.45) is 0 Å². The summed E-state index contributed by atoms with van der Waals surface area (Å²) in [6.07, 6.45) is 7.93. The lowest BCUT2D eigenvalue weighted by Gasteiger charge is -2.38. The smallest absolute Gasteiger partial charge is 0.0346 e. The maximum Gasteiger partial charge on any atom is 0.0346 e. The molecular weight excluding hydrogens is 268 g/mol. The summed E-state index contributed by atoms with van der Waals surface area (Å²) in [5.74, 6) is 0.722. The van der Waals surface area contributed by atoms with Gasteiger partial charge in [-0.25, -0.2) is 0 Å². The van der Waals surface area contributed by atoms with Gasteiger partial charge in [0.05, 0.1) is 0 Å². The van der Waals surface area contributed by atoms with Crippen LogP contribution in [0.1, 0.15) is 75.0 Å². The lowest BCUT2D eigenvalue weighted by molar-refractivity contribution is 0.136. The van der Waals surface area contributed by atoms with Crippen LogP contribution in [0, 0.1) is 13.8 Å². The highest BCUT2D eigenvalue weighted by molar-refractivity contribution is 5.52. The van der Waals surface area contributed by atoms with Crippen LogP contribution in [0.4, 0.5) is 5.69 Å². The molecular formula is C20H34N2. The average Bonchev–Trinajstić information content (AvgIpc) is 2.51. The van der Waals surface area contributed by atoms with E-state index in [0.29, 0.717) is 0 Å². The van der Waals surface area contributed by atoms with Crippen LogP contribution in [0.2, 0.25) is 0 Å². The Bertz CT molecular complexity index is 467. The maximum absolute atomic E-state index is 6.04. The van der Waals surface area contributed by atoms with Crippen LogP contribution in [0.25, 0.3) is 0 Å². The third-order valence-electron chi connectivity index (χ3n) is 5.38. The Morgan fingerprint density at radius 3 is 2.18 bits per heavy atom. The van der Waals surface area contributed by atoms with Crippen molar-refractivity contribution in [3.63, 3.8) is 0 Å². The van der Waals surface area contributed by atoms with Gasteiger partial charge in [-0.3, -0.25) is 0 Å². The van der Waals surface area contributed by atoms with Crippen LogP contribution in [0.5, 0.6) is 0 Å². The molecule has 0 amide bonds. The van der Waals surface area contributed by atoms with Crippen molar-refractivity contribution in [1.82, 2.24) is 4.90 Å². The molecule has 1 heterocycles. The number of piperidine rings is 1. The summed E-state index contributed by atoms with van der Waals surface area (Å²) in [7, 11) is 0. The largest absolute Gasteiger partial charge is 0.399 e. The van der Waals surface area contributed by atoms with Crippen molar-refractivity contribution in [3.05, 3.63) is 28.8 Å². The summed E-state index contributed by atoms with van der Waals surface area (Å²) in [5.41, 5.74) is 11.1. The fourth-order valence-electron chi connectivity index (χ4n) is 4.05. The van der Waals surface area contributed by atoms with E-state index in [-0.39, 0.29) is 0 Å². The highest BCUT2D eigenvalue weighted by Gasteiger charge is 2.26. The fourth-order valence-corrected chi connectivity index (χ4v) is 4.05. The van der Waals surface area contributed by atoms with Crippen LogP contribution >= 0.6 is 0 Å². The molecule has 0 radical (unpaired) electrons. The number of nitrogen functional groups attached to an aromatic ring is 1. The van der Waals surface area contributed by atoms with Gasteiger partial charge in [-0.1, -0.05) is 32.8 Å². The third kappa shape index (κ3) is 4.04. The predicted molar refractivity (Wildman–Crippen MR) is 97.5 cm³/mol. The van der Waals surface area contributed by atoms with Crippen LogP contribution in [0.15, 0.2) is 12.1 Å². The first-order valence-electron chi connectivity index (χ1n) is 9.17. The van der Waals surface area contributed by atoms with E-state index in [2.05, 4.69) is 44.7 Å². The molecule has 0 saturated carbocycles. The summed E-state index contributed by atoms with van der Waals surface area (Å²) < 4.78 is 0. The predicted octanol–water partition coefficient (Wildman–Crippen LogP) is 5.03. The van der Waals surface area contributed by atoms with Crippen molar-refractivity contribution in [2.75, 3.05) is 18.8 Å². The zero-order valence-corrected chi connectivity index (χ0v) is 15.0. The fraction of sp³-hybridized carbons (Fsp3) is 0.700. The molecule has 1 aromatic rings. The minimum atomic E-state index is 0.722. The molecule has 0 atom stereocenters. The van der Waals surface area contributed by atoms with Gasteiger partial charge in [0.2, 0.25) is 0 Å². The Morgan fingerprint density at radius 1 is 1.05 bits per heavy atom. The summed E-state index contributed by atoms with van der Waals surface area (Å²) in [6.45, 7) is 11.5. The summed E-state index contributed by atoms with van der Waals surface area (Å²) in [4.78, 5) is 2.75. The lowest BCUT2D eigenvalue weighted by atomic mass is 9.85. The van der Waals surface area contributed by atoms with Gasteiger partial charge in [0, 0.05) is 11.7 Å². The van der Waals surface area contributed by atoms with Crippen molar-refractivity contribution < 1.29 is 0 Å². The normalized spacial score (nSPS) is 17.3. The van der Waals surface area contributed by atoms with E-state index < -0.39 is 0 Å². The van der Waals surface area contributed by atoms with E-state index in [1.165, 1.54) is 68.3 Å². The highest BCUT2D eigenvalue weighted by Crippen LogP contribution is 2.33. The molecule has 1 aliphatic heterocycles. The molecule has 22 heavy (non-hydrogen) atoms. The zero-order valence-electron chi connectivity index (χ0n) is 15.0. The van der Waals surface area contributed by atoms with Gasteiger partial charge in [0.15, 0.2) is 0 Å². The van der Waals surface area contributed by atoms with Gasteiger partial charge in [-0.05, 0) is 81.3 Å². The number of hydrogen-bond acceptors (Lipinski definition) is 2. The summed E-state index contributed by atoms with van der Waals surface area (Å²) >= 11 is 0. The molecule has 1 fully saturated rings. The second-order valence-electron chi connectivity index (χ2n) is 7.11. The molecule has 1 aliphatic rings. The zero-order chi connectivity index (χ0) is 16.1. The molecule has 2 N–H and O–H groups in total. The number of nitrogens with zero attached hydrogens (tertiary/aromatic N) is 1. The first-order valence-corrected chi connectivity index (χ1v) is 9.17. The summed E-state index contributed by atoms with van der Waals surface area (Å²) in [5, 5.41) is 0. The Morgan fingerprint density at radius 2 is 1.64 bits per heavy atom. The van der Waals surface area contributed by atoms with Gasteiger partial charge in [0.25, 0.3) is 0 Å². The molecule has 0 spiro atoms. The molecule has 2 nitrogen and oxygen atoms in total. The summed E-state index contributed by atoms with van der Waals surface area (Å²) in [6, 6.07) is 5.30. The van der Waals surface area contributed by atoms with Crippen LogP contribution in [-0.2, 0) is 0 Å². The second kappa shape index (κ2) is 8.01. The maximum atomic E-state index is 6.04. The van der Waals surface area contributed by atoms with Crippen LogP contribution in [0.3, 0.4) is 0 Å².